The number of ether oxygens (including phenoxy) is 1. The number of hydrogen-bond acceptors (Lipinski definition) is 3. The number of nitrogens with zero attached hydrogens (tertiary/aromatic N) is 1. The zero-order chi connectivity index (χ0) is 16.3. The summed E-state index contributed by atoms with van der Waals surface area (Å²) in [5.41, 5.74) is -0.156. The van der Waals surface area contributed by atoms with E-state index in [1.54, 1.807) is 37.6 Å². The summed E-state index contributed by atoms with van der Waals surface area (Å²) in [4.78, 5) is 23.3. The van der Waals surface area contributed by atoms with E-state index in [9.17, 15) is 14.0 Å². The van der Waals surface area contributed by atoms with Crippen LogP contribution in [0.5, 0.6) is 0 Å². The Morgan fingerprint density at radius 2 is 2.05 bits per heavy atom. The topological polar surface area (TPSA) is 60.3 Å². The molecule has 0 aliphatic carbocycles. The van der Waals surface area contributed by atoms with Crippen molar-refractivity contribution in [1.82, 2.24) is 9.88 Å². The van der Waals surface area contributed by atoms with Crippen LogP contribution in [0.1, 0.15) is 20.8 Å². The molecule has 5 nitrogen and oxygen atoms in total. The molecule has 0 atom stereocenters. The van der Waals surface area contributed by atoms with E-state index < -0.39 is 17.5 Å². The van der Waals surface area contributed by atoms with E-state index in [0.29, 0.717) is 24.0 Å². The van der Waals surface area contributed by atoms with Crippen molar-refractivity contribution in [2.75, 3.05) is 6.54 Å². The lowest BCUT2D eigenvalue weighted by Crippen LogP contribution is -2.34. The standard InChI is InChI=1S/C16H19FN2O3/c1-16(2,3)22-15(21)18-7-9-19-8-6-14(20)12-10-11(17)4-5-13(12)19/h4-6,8,10H,7,9H2,1-3H3,(H,18,21). The Hall–Kier alpha value is -2.37. The molecule has 0 aliphatic heterocycles. The maximum atomic E-state index is 13.2. The molecule has 1 aromatic heterocycles. The van der Waals surface area contributed by atoms with Gasteiger partial charge in [0.25, 0.3) is 0 Å². The van der Waals surface area contributed by atoms with Gasteiger partial charge < -0.3 is 14.6 Å². The van der Waals surface area contributed by atoms with E-state index in [-0.39, 0.29) is 5.43 Å². The smallest absolute Gasteiger partial charge is 0.407 e. The van der Waals surface area contributed by atoms with Gasteiger partial charge >= 0.3 is 6.09 Å². The van der Waals surface area contributed by atoms with Crippen LogP contribution in [0.2, 0.25) is 0 Å². The molecule has 2 aromatic rings. The first kappa shape index (κ1) is 16.0. The highest BCUT2D eigenvalue weighted by atomic mass is 19.1. The first-order valence-electron chi connectivity index (χ1n) is 7.02. The van der Waals surface area contributed by atoms with Crippen LogP contribution in [0.4, 0.5) is 9.18 Å². The van der Waals surface area contributed by atoms with Crippen LogP contribution in [0.3, 0.4) is 0 Å². The van der Waals surface area contributed by atoms with Crippen molar-refractivity contribution in [3.8, 4) is 0 Å². The number of carbonyl (C=O) groups is 1. The number of halogens is 1. The summed E-state index contributed by atoms with van der Waals surface area (Å²) < 4.78 is 20.2. The van der Waals surface area contributed by atoms with Gasteiger partial charge in [0.1, 0.15) is 11.4 Å². The fourth-order valence-corrected chi connectivity index (χ4v) is 2.07. The molecule has 1 amide bonds. The van der Waals surface area contributed by atoms with Gasteiger partial charge in [-0.15, -0.1) is 0 Å². The molecule has 0 bridgehead atoms. The van der Waals surface area contributed by atoms with Gasteiger partial charge in [-0.3, -0.25) is 4.79 Å². The van der Waals surface area contributed by atoms with Gasteiger partial charge in [0.05, 0.1) is 5.52 Å². The van der Waals surface area contributed by atoms with E-state index >= 15 is 0 Å². The molecule has 0 saturated carbocycles. The first-order valence-corrected chi connectivity index (χ1v) is 7.02. The number of benzene rings is 1. The lowest BCUT2D eigenvalue weighted by atomic mass is 10.2. The molecule has 22 heavy (non-hydrogen) atoms. The van der Waals surface area contributed by atoms with E-state index in [2.05, 4.69) is 5.32 Å². The molecule has 1 N–H and O–H groups in total. The zero-order valence-electron chi connectivity index (χ0n) is 12.9. The molecule has 6 heteroatoms. The Labute approximate surface area is 127 Å². The average molecular weight is 306 g/mol. The van der Waals surface area contributed by atoms with E-state index in [0.717, 1.165) is 0 Å². The monoisotopic (exact) mass is 306 g/mol. The average Bonchev–Trinajstić information content (AvgIpc) is 2.39. The van der Waals surface area contributed by atoms with Crippen molar-refractivity contribution in [1.29, 1.82) is 0 Å². The van der Waals surface area contributed by atoms with Crippen molar-refractivity contribution in [3.05, 3.63) is 46.5 Å². The van der Waals surface area contributed by atoms with Crippen molar-refractivity contribution >= 4 is 17.0 Å². The predicted molar refractivity (Wildman–Crippen MR) is 82.4 cm³/mol. The third-order valence-corrected chi connectivity index (χ3v) is 2.96. The Morgan fingerprint density at radius 3 is 2.73 bits per heavy atom. The minimum atomic E-state index is -0.550. The summed E-state index contributed by atoms with van der Waals surface area (Å²) in [6.07, 6.45) is 1.13. The molecule has 2 rings (SSSR count). The second-order valence-electron chi connectivity index (χ2n) is 5.96. The van der Waals surface area contributed by atoms with Crippen molar-refractivity contribution in [3.63, 3.8) is 0 Å². The van der Waals surface area contributed by atoms with Gasteiger partial charge in [0, 0.05) is 30.7 Å². The lowest BCUT2D eigenvalue weighted by molar-refractivity contribution is 0.0526. The number of fused-ring (bicyclic) bond motifs is 1. The first-order chi connectivity index (χ1) is 10.3. The maximum Gasteiger partial charge on any atom is 0.407 e. The van der Waals surface area contributed by atoms with Crippen LogP contribution in [0.25, 0.3) is 10.9 Å². The third kappa shape index (κ3) is 4.07. The highest BCUT2D eigenvalue weighted by molar-refractivity contribution is 5.78. The molecule has 118 valence electrons. The number of pyridine rings is 1. The maximum absolute atomic E-state index is 13.2. The lowest BCUT2D eigenvalue weighted by Gasteiger charge is -2.20. The third-order valence-electron chi connectivity index (χ3n) is 2.96. The number of rotatable bonds is 3. The van der Waals surface area contributed by atoms with Gasteiger partial charge in [-0.2, -0.15) is 0 Å². The van der Waals surface area contributed by atoms with E-state index in [4.69, 9.17) is 4.74 Å². The van der Waals surface area contributed by atoms with E-state index in [1.807, 2.05) is 0 Å². The van der Waals surface area contributed by atoms with Gasteiger partial charge in [-0.05, 0) is 39.0 Å². The molecule has 0 aliphatic rings. The largest absolute Gasteiger partial charge is 0.444 e. The van der Waals surface area contributed by atoms with Crippen LogP contribution in [0.15, 0.2) is 35.3 Å². The predicted octanol–water partition coefficient (Wildman–Crippen LogP) is 2.67. The summed E-state index contributed by atoms with van der Waals surface area (Å²) in [6.45, 7) is 6.15. The highest BCUT2D eigenvalue weighted by Gasteiger charge is 2.15. The van der Waals surface area contributed by atoms with Crippen LogP contribution in [0, 0.1) is 5.82 Å². The minimum Gasteiger partial charge on any atom is -0.444 e. The number of nitrogens with one attached hydrogen (secondary N) is 1. The van der Waals surface area contributed by atoms with Crippen LogP contribution < -0.4 is 10.7 Å². The van der Waals surface area contributed by atoms with Crippen LogP contribution in [-0.2, 0) is 11.3 Å². The van der Waals surface area contributed by atoms with Gasteiger partial charge in [0.2, 0.25) is 0 Å². The SMILES string of the molecule is CC(C)(C)OC(=O)NCCn1ccc(=O)c2cc(F)ccc21. The van der Waals surface area contributed by atoms with Gasteiger partial charge in [-0.25, -0.2) is 9.18 Å². The second-order valence-corrected chi connectivity index (χ2v) is 5.96. The quantitative estimate of drug-likeness (QED) is 0.948. The summed E-state index contributed by atoms with van der Waals surface area (Å²) in [6, 6.07) is 5.46. The molecular weight excluding hydrogens is 287 g/mol. The number of alkyl carbamates (subject to hydrolysis) is 1. The molecule has 1 aromatic carbocycles. The second kappa shape index (κ2) is 6.17. The minimum absolute atomic E-state index is 0.231. The van der Waals surface area contributed by atoms with Crippen molar-refractivity contribution in [2.45, 2.75) is 32.9 Å². The fourth-order valence-electron chi connectivity index (χ4n) is 2.07. The van der Waals surface area contributed by atoms with Crippen molar-refractivity contribution in [2.24, 2.45) is 0 Å². The Bertz CT molecular complexity index is 747. The van der Waals surface area contributed by atoms with E-state index in [1.165, 1.54) is 18.2 Å². The van der Waals surface area contributed by atoms with Gasteiger partial charge in [-0.1, -0.05) is 0 Å². The normalized spacial score (nSPS) is 11.5. The van der Waals surface area contributed by atoms with Crippen LogP contribution in [-0.4, -0.2) is 22.8 Å². The molecule has 0 fully saturated rings. The molecule has 0 radical (unpaired) electrons. The number of carbonyl (C=O) groups excluding carboxylic acids is 1. The molecule has 1 heterocycles. The van der Waals surface area contributed by atoms with Crippen molar-refractivity contribution < 1.29 is 13.9 Å². The molecule has 0 saturated heterocycles. The number of amides is 1. The molecule has 0 unspecified atom stereocenters. The summed E-state index contributed by atoms with van der Waals surface area (Å²) in [5.74, 6) is -0.450. The Morgan fingerprint density at radius 1 is 1.32 bits per heavy atom. The molecular formula is C16H19FN2O3. The highest BCUT2D eigenvalue weighted by Crippen LogP contribution is 2.12. The van der Waals surface area contributed by atoms with Crippen LogP contribution >= 0.6 is 0 Å². The summed E-state index contributed by atoms with van der Waals surface area (Å²) >= 11 is 0. The number of hydrogen-bond donors (Lipinski definition) is 1. The fraction of sp³-hybridized carbons (Fsp3) is 0.375. The van der Waals surface area contributed by atoms with Gasteiger partial charge in [0.15, 0.2) is 5.43 Å². The summed E-state index contributed by atoms with van der Waals surface area (Å²) in [5, 5.41) is 2.96. The summed E-state index contributed by atoms with van der Waals surface area (Å²) in [7, 11) is 0. The Balaban J connectivity index is 2.08. The number of aromatic nitrogens is 1. The molecule has 0 spiro atoms. The Kier molecular flexibility index (Phi) is 4.49. The zero-order valence-corrected chi connectivity index (χ0v) is 12.9.